The highest BCUT2D eigenvalue weighted by Gasteiger charge is 2.68. The Morgan fingerprint density at radius 1 is 1.26 bits per heavy atom. The molecule has 0 spiro atoms. The number of nitrogens with one attached hydrogen (secondary N) is 1. The fourth-order valence-corrected chi connectivity index (χ4v) is 1.81. The first-order chi connectivity index (χ1) is 8.67. The van der Waals surface area contributed by atoms with E-state index >= 15 is 0 Å². The fourth-order valence-electron chi connectivity index (χ4n) is 1.81. The SMILES string of the molecule is Cc1cc(NC(=O)C2(C(F)(F)F)CC2)cc(F)c1F. The molecule has 2 nitrogen and oxygen atoms in total. The molecule has 19 heavy (non-hydrogen) atoms. The van der Waals surface area contributed by atoms with Gasteiger partial charge in [-0.05, 0) is 31.4 Å². The number of hydrogen-bond acceptors (Lipinski definition) is 1. The zero-order chi connectivity index (χ0) is 14.4. The summed E-state index contributed by atoms with van der Waals surface area (Å²) in [6, 6.07) is 1.75. The number of carbonyl (C=O) groups excluding carboxylic acids is 1. The second-order valence-corrected chi connectivity index (χ2v) is 4.62. The third kappa shape index (κ3) is 2.29. The van der Waals surface area contributed by atoms with Crippen LogP contribution in [0.4, 0.5) is 27.6 Å². The van der Waals surface area contributed by atoms with E-state index < -0.39 is 29.1 Å². The maximum Gasteiger partial charge on any atom is 0.403 e. The predicted molar refractivity (Wildman–Crippen MR) is 57.4 cm³/mol. The fraction of sp³-hybridized carbons (Fsp3) is 0.417. The van der Waals surface area contributed by atoms with Gasteiger partial charge in [0.1, 0.15) is 5.41 Å². The number of benzene rings is 1. The van der Waals surface area contributed by atoms with Gasteiger partial charge in [-0.1, -0.05) is 0 Å². The summed E-state index contributed by atoms with van der Waals surface area (Å²) in [6.45, 7) is 1.25. The molecule has 104 valence electrons. The van der Waals surface area contributed by atoms with Gasteiger partial charge in [0.2, 0.25) is 5.91 Å². The molecule has 0 saturated heterocycles. The minimum Gasteiger partial charge on any atom is -0.325 e. The molecule has 1 aromatic rings. The Labute approximate surface area is 105 Å². The first-order valence-electron chi connectivity index (χ1n) is 5.51. The number of alkyl halides is 3. The first-order valence-corrected chi connectivity index (χ1v) is 5.51. The van der Waals surface area contributed by atoms with Gasteiger partial charge in [0, 0.05) is 11.8 Å². The Bertz CT molecular complexity index is 510. The molecule has 0 radical (unpaired) electrons. The summed E-state index contributed by atoms with van der Waals surface area (Å²) in [5, 5.41) is 1.99. The van der Waals surface area contributed by atoms with E-state index in [1.807, 2.05) is 5.32 Å². The lowest BCUT2D eigenvalue weighted by molar-refractivity contribution is -0.189. The standard InChI is InChI=1S/C12H10F5NO/c1-6-4-7(5-8(13)9(6)14)18-10(19)11(2-3-11)12(15,16)17/h4-5H,2-3H2,1H3,(H,18,19). The van der Waals surface area contributed by atoms with Crippen molar-refractivity contribution in [2.45, 2.75) is 25.9 Å². The highest BCUT2D eigenvalue weighted by Crippen LogP contribution is 2.58. The van der Waals surface area contributed by atoms with Crippen LogP contribution >= 0.6 is 0 Å². The van der Waals surface area contributed by atoms with Gasteiger partial charge in [-0.15, -0.1) is 0 Å². The summed E-state index contributed by atoms with van der Waals surface area (Å²) in [7, 11) is 0. The minimum atomic E-state index is -4.63. The number of carbonyl (C=O) groups is 1. The van der Waals surface area contributed by atoms with E-state index in [2.05, 4.69) is 0 Å². The van der Waals surface area contributed by atoms with Crippen molar-refractivity contribution in [3.8, 4) is 0 Å². The second-order valence-electron chi connectivity index (χ2n) is 4.62. The quantitative estimate of drug-likeness (QED) is 0.824. The van der Waals surface area contributed by atoms with Crippen molar-refractivity contribution in [3.05, 3.63) is 29.3 Å². The summed E-state index contributed by atoms with van der Waals surface area (Å²) < 4.78 is 64.1. The average molecular weight is 279 g/mol. The van der Waals surface area contributed by atoms with Crippen LogP contribution in [0.25, 0.3) is 0 Å². The average Bonchev–Trinajstić information content (AvgIpc) is 3.05. The molecule has 2 rings (SSSR count). The Balaban J connectivity index is 2.21. The molecule has 1 aliphatic rings. The number of hydrogen-bond donors (Lipinski definition) is 1. The number of anilines is 1. The van der Waals surface area contributed by atoms with E-state index in [0.29, 0.717) is 6.07 Å². The summed E-state index contributed by atoms with van der Waals surface area (Å²) in [5.74, 6) is -3.53. The van der Waals surface area contributed by atoms with Crippen LogP contribution in [-0.2, 0) is 4.79 Å². The molecule has 0 bridgehead atoms. The van der Waals surface area contributed by atoms with Crippen molar-refractivity contribution in [1.29, 1.82) is 0 Å². The molecule has 1 amide bonds. The Morgan fingerprint density at radius 3 is 2.26 bits per heavy atom. The van der Waals surface area contributed by atoms with E-state index in [9.17, 15) is 26.7 Å². The molecule has 0 atom stereocenters. The van der Waals surface area contributed by atoms with Crippen LogP contribution in [0.5, 0.6) is 0 Å². The van der Waals surface area contributed by atoms with Crippen LogP contribution in [0.15, 0.2) is 12.1 Å². The van der Waals surface area contributed by atoms with Crippen molar-refractivity contribution in [3.63, 3.8) is 0 Å². The monoisotopic (exact) mass is 279 g/mol. The highest BCUT2D eigenvalue weighted by molar-refractivity contribution is 5.97. The van der Waals surface area contributed by atoms with E-state index in [4.69, 9.17) is 0 Å². The van der Waals surface area contributed by atoms with Crippen molar-refractivity contribution in [2.75, 3.05) is 5.32 Å². The third-order valence-corrected chi connectivity index (χ3v) is 3.20. The molecule has 0 heterocycles. The van der Waals surface area contributed by atoms with Crippen molar-refractivity contribution in [2.24, 2.45) is 5.41 Å². The molecule has 1 aromatic carbocycles. The summed E-state index contributed by atoms with van der Waals surface area (Å²) in [6.07, 6.45) is -5.21. The zero-order valence-electron chi connectivity index (χ0n) is 9.87. The van der Waals surface area contributed by atoms with Gasteiger partial charge < -0.3 is 5.32 Å². The molecule has 1 saturated carbocycles. The normalized spacial score (nSPS) is 17.2. The van der Waals surface area contributed by atoms with Crippen molar-refractivity contribution < 1.29 is 26.7 Å². The summed E-state index contributed by atoms with van der Waals surface area (Å²) in [5.41, 5.74) is -2.66. The number of halogens is 5. The minimum absolute atomic E-state index is 0.0906. The maximum absolute atomic E-state index is 13.1. The Hall–Kier alpha value is -1.66. The molecule has 1 N–H and O–H groups in total. The Morgan fingerprint density at radius 2 is 1.84 bits per heavy atom. The smallest absolute Gasteiger partial charge is 0.325 e. The summed E-state index contributed by atoms with van der Waals surface area (Å²) >= 11 is 0. The van der Waals surface area contributed by atoms with Crippen molar-refractivity contribution in [1.82, 2.24) is 0 Å². The lowest BCUT2D eigenvalue weighted by atomic mass is 10.1. The van der Waals surface area contributed by atoms with E-state index in [0.717, 1.165) is 6.07 Å². The largest absolute Gasteiger partial charge is 0.403 e. The summed E-state index contributed by atoms with van der Waals surface area (Å²) in [4.78, 5) is 11.6. The molecular weight excluding hydrogens is 269 g/mol. The van der Waals surface area contributed by atoms with Crippen LogP contribution in [0.2, 0.25) is 0 Å². The van der Waals surface area contributed by atoms with E-state index in [1.165, 1.54) is 6.92 Å². The van der Waals surface area contributed by atoms with Gasteiger partial charge in [0.05, 0.1) is 0 Å². The lowest BCUT2D eigenvalue weighted by Gasteiger charge is -2.18. The Kier molecular flexibility index (Phi) is 3.03. The van der Waals surface area contributed by atoms with Crippen LogP contribution in [0.3, 0.4) is 0 Å². The van der Waals surface area contributed by atoms with Gasteiger partial charge in [-0.3, -0.25) is 4.79 Å². The maximum atomic E-state index is 13.1. The van der Waals surface area contributed by atoms with Crippen LogP contribution in [-0.4, -0.2) is 12.1 Å². The van der Waals surface area contributed by atoms with Gasteiger partial charge in [0.25, 0.3) is 0 Å². The predicted octanol–water partition coefficient (Wildman–Crippen LogP) is 3.55. The number of aryl methyl sites for hydroxylation is 1. The molecule has 7 heteroatoms. The van der Waals surface area contributed by atoms with Crippen molar-refractivity contribution >= 4 is 11.6 Å². The van der Waals surface area contributed by atoms with E-state index in [-0.39, 0.29) is 24.1 Å². The van der Waals surface area contributed by atoms with Gasteiger partial charge in [-0.2, -0.15) is 13.2 Å². The molecule has 1 fully saturated rings. The van der Waals surface area contributed by atoms with Crippen LogP contribution < -0.4 is 5.32 Å². The molecule has 0 unspecified atom stereocenters. The molecule has 0 aromatic heterocycles. The third-order valence-electron chi connectivity index (χ3n) is 3.20. The highest BCUT2D eigenvalue weighted by atomic mass is 19.4. The first kappa shape index (κ1) is 13.8. The van der Waals surface area contributed by atoms with Crippen LogP contribution in [0.1, 0.15) is 18.4 Å². The molecule has 1 aliphatic carbocycles. The number of amides is 1. The van der Waals surface area contributed by atoms with Crippen LogP contribution in [0, 0.1) is 24.0 Å². The molecule has 0 aliphatic heterocycles. The lowest BCUT2D eigenvalue weighted by Crippen LogP contribution is -2.37. The molecular formula is C12H10F5NO. The van der Waals surface area contributed by atoms with E-state index in [1.54, 1.807) is 0 Å². The van der Waals surface area contributed by atoms with Gasteiger partial charge in [0.15, 0.2) is 11.6 Å². The zero-order valence-corrected chi connectivity index (χ0v) is 9.87. The second kappa shape index (κ2) is 4.18. The topological polar surface area (TPSA) is 29.1 Å². The number of rotatable bonds is 2. The van der Waals surface area contributed by atoms with Gasteiger partial charge in [-0.25, -0.2) is 8.78 Å². The van der Waals surface area contributed by atoms with Gasteiger partial charge >= 0.3 is 6.18 Å².